The van der Waals surface area contributed by atoms with Gasteiger partial charge in [0.15, 0.2) is 0 Å². The number of benzene rings is 1. The van der Waals surface area contributed by atoms with Gasteiger partial charge in [0.25, 0.3) is 5.91 Å². The largest absolute Gasteiger partial charge is 0.480 e. The molecule has 20 heavy (non-hydrogen) atoms. The minimum absolute atomic E-state index is 0.0253. The van der Waals surface area contributed by atoms with Gasteiger partial charge in [0.1, 0.15) is 6.04 Å². The summed E-state index contributed by atoms with van der Waals surface area (Å²) in [6, 6.07) is 6.22. The second kappa shape index (κ2) is 5.75. The summed E-state index contributed by atoms with van der Waals surface area (Å²) in [5, 5.41) is 21.0. The first-order valence-electron chi connectivity index (χ1n) is 6.26. The minimum atomic E-state index is -1.16. The summed E-state index contributed by atoms with van der Waals surface area (Å²) in [5.41, 5.74) is 1.94. The Kier molecular flexibility index (Phi) is 4.05. The molecule has 0 aliphatic heterocycles. The molecule has 6 nitrogen and oxygen atoms in total. The van der Waals surface area contributed by atoms with Crippen LogP contribution >= 0.6 is 0 Å². The summed E-state index contributed by atoms with van der Waals surface area (Å²) in [4.78, 5) is 26.3. The molecule has 4 N–H and O–H groups in total. The molecule has 0 bridgehead atoms. The van der Waals surface area contributed by atoms with Crippen LogP contribution in [0.25, 0.3) is 10.9 Å². The highest BCUT2D eigenvalue weighted by atomic mass is 16.4. The number of nitrogens with one attached hydrogen (secondary N) is 2. The highest BCUT2D eigenvalue weighted by molar-refractivity contribution is 6.08. The number of aromatic amines is 1. The molecule has 0 aliphatic rings. The quantitative estimate of drug-likeness (QED) is 0.655. The normalized spacial score (nSPS) is 12.3. The number of rotatable bonds is 5. The Morgan fingerprint density at radius 1 is 1.35 bits per heavy atom. The van der Waals surface area contributed by atoms with Gasteiger partial charge < -0.3 is 20.5 Å². The summed E-state index contributed by atoms with van der Waals surface area (Å²) in [6.45, 7) is 1.46. The molecule has 0 unspecified atom stereocenters. The molecule has 0 aliphatic carbocycles. The molecule has 1 amide bonds. The van der Waals surface area contributed by atoms with Crippen LogP contribution in [0.4, 0.5) is 0 Å². The van der Waals surface area contributed by atoms with Crippen LogP contribution in [0, 0.1) is 6.92 Å². The van der Waals surface area contributed by atoms with E-state index in [1.165, 1.54) is 0 Å². The summed E-state index contributed by atoms with van der Waals surface area (Å²) < 4.78 is 0. The number of aryl methyl sites for hydroxylation is 1. The average molecular weight is 276 g/mol. The molecule has 1 aromatic heterocycles. The van der Waals surface area contributed by atoms with Crippen molar-refractivity contribution >= 4 is 22.8 Å². The molecule has 0 spiro atoms. The Balaban J connectivity index is 2.31. The van der Waals surface area contributed by atoms with Crippen molar-refractivity contribution in [1.29, 1.82) is 0 Å². The van der Waals surface area contributed by atoms with E-state index in [1.807, 2.05) is 18.2 Å². The van der Waals surface area contributed by atoms with Crippen LogP contribution in [0.1, 0.15) is 22.5 Å². The topological polar surface area (TPSA) is 102 Å². The van der Waals surface area contributed by atoms with Crippen LogP contribution < -0.4 is 5.32 Å². The molecule has 1 aromatic carbocycles. The number of carboxylic acids is 1. The Morgan fingerprint density at radius 3 is 2.70 bits per heavy atom. The van der Waals surface area contributed by atoms with Gasteiger partial charge in [0.05, 0.1) is 5.56 Å². The molecule has 1 heterocycles. The van der Waals surface area contributed by atoms with Crippen LogP contribution in [0.3, 0.4) is 0 Å². The van der Waals surface area contributed by atoms with Gasteiger partial charge in [0.2, 0.25) is 0 Å². The maximum absolute atomic E-state index is 12.3. The number of aliphatic hydroxyl groups is 1. The van der Waals surface area contributed by atoms with Gasteiger partial charge in [-0.2, -0.15) is 0 Å². The molecule has 0 radical (unpaired) electrons. The number of carboxylic acid groups (broad SMARTS) is 1. The van der Waals surface area contributed by atoms with Crippen molar-refractivity contribution in [3.63, 3.8) is 0 Å². The van der Waals surface area contributed by atoms with Crippen LogP contribution in [0.2, 0.25) is 0 Å². The Labute approximate surface area is 115 Å². The van der Waals surface area contributed by atoms with Crippen molar-refractivity contribution in [1.82, 2.24) is 10.3 Å². The number of hydrogen-bond donors (Lipinski definition) is 4. The first-order valence-corrected chi connectivity index (χ1v) is 6.26. The number of carbonyl (C=O) groups excluding carboxylic acids is 1. The van der Waals surface area contributed by atoms with E-state index < -0.39 is 17.9 Å². The average Bonchev–Trinajstić information content (AvgIpc) is 2.73. The Hall–Kier alpha value is -2.34. The van der Waals surface area contributed by atoms with Crippen molar-refractivity contribution in [2.24, 2.45) is 0 Å². The van der Waals surface area contributed by atoms with Crippen LogP contribution in [-0.4, -0.2) is 39.7 Å². The van der Waals surface area contributed by atoms with Gasteiger partial charge in [0, 0.05) is 29.6 Å². The number of hydrogen-bond acceptors (Lipinski definition) is 3. The summed E-state index contributed by atoms with van der Waals surface area (Å²) in [5.74, 6) is -1.62. The fourth-order valence-electron chi connectivity index (χ4n) is 2.19. The number of fused-ring (bicyclic) bond motifs is 1. The van der Waals surface area contributed by atoms with Crippen molar-refractivity contribution in [2.45, 2.75) is 19.4 Å². The summed E-state index contributed by atoms with van der Waals surface area (Å²) in [7, 11) is 0. The number of H-pyrrole nitrogens is 1. The van der Waals surface area contributed by atoms with Gasteiger partial charge in [-0.3, -0.25) is 4.79 Å². The second-order valence-electron chi connectivity index (χ2n) is 4.55. The third-order valence-corrected chi connectivity index (χ3v) is 3.14. The SMILES string of the molecule is Cc1[nH]c2ccccc2c1C(=O)N[C@@H](CCO)C(=O)O. The number of aromatic nitrogens is 1. The van der Waals surface area contributed by atoms with Crippen molar-refractivity contribution in [3.8, 4) is 0 Å². The third kappa shape index (κ3) is 2.65. The maximum Gasteiger partial charge on any atom is 0.326 e. The number of amides is 1. The van der Waals surface area contributed by atoms with Gasteiger partial charge in [-0.05, 0) is 13.0 Å². The van der Waals surface area contributed by atoms with Crippen molar-refractivity contribution < 1.29 is 19.8 Å². The predicted molar refractivity (Wildman–Crippen MR) is 73.6 cm³/mol. The van der Waals surface area contributed by atoms with Crippen LogP contribution in [-0.2, 0) is 4.79 Å². The summed E-state index contributed by atoms with van der Waals surface area (Å²) >= 11 is 0. The maximum atomic E-state index is 12.3. The molecule has 0 fully saturated rings. The Morgan fingerprint density at radius 2 is 2.05 bits per heavy atom. The van der Waals surface area contributed by atoms with E-state index >= 15 is 0 Å². The fourth-order valence-corrected chi connectivity index (χ4v) is 2.19. The molecule has 1 atom stereocenters. The van der Waals surface area contributed by atoms with Gasteiger partial charge in [-0.25, -0.2) is 4.79 Å². The number of para-hydroxylation sites is 1. The zero-order chi connectivity index (χ0) is 14.7. The highest BCUT2D eigenvalue weighted by Crippen LogP contribution is 2.21. The van der Waals surface area contributed by atoms with Crippen molar-refractivity contribution in [3.05, 3.63) is 35.5 Å². The number of aliphatic hydroxyl groups excluding tert-OH is 1. The predicted octanol–water partition coefficient (Wildman–Crippen LogP) is 1.04. The van der Waals surface area contributed by atoms with E-state index in [1.54, 1.807) is 13.0 Å². The molecule has 2 aromatic rings. The van der Waals surface area contributed by atoms with E-state index in [9.17, 15) is 9.59 Å². The summed E-state index contributed by atoms with van der Waals surface area (Å²) in [6.07, 6.45) is -0.0253. The fraction of sp³-hybridized carbons (Fsp3) is 0.286. The van der Waals surface area contributed by atoms with Gasteiger partial charge in [-0.15, -0.1) is 0 Å². The minimum Gasteiger partial charge on any atom is -0.480 e. The first-order chi connectivity index (χ1) is 9.54. The van der Waals surface area contributed by atoms with E-state index in [0.29, 0.717) is 11.3 Å². The smallest absolute Gasteiger partial charge is 0.326 e. The van der Waals surface area contributed by atoms with E-state index in [0.717, 1.165) is 10.9 Å². The van der Waals surface area contributed by atoms with Gasteiger partial charge in [-0.1, -0.05) is 18.2 Å². The second-order valence-corrected chi connectivity index (χ2v) is 4.55. The van der Waals surface area contributed by atoms with Gasteiger partial charge >= 0.3 is 5.97 Å². The lowest BCUT2D eigenvalue weighted by molar-refractivity contribution is -0.139. The molecule has 0 saturated carbocycles. The molecular formula is C14H16N2O4. The van der Waals surface area contributed by atoms with Crippen LogP contribution in [0.5, 0.6) is 0 Å². The molecule has 0 saturated heterocycles. The van der Waals surface area contributed by atoms with Crippen LogP contribution in [0.15, 0.2) is 24.3 Å². The third-order valence-electron chi connectivity index (χ3n) is 3.14. The highest BCUT2D eigenvalue weighted by Gasteiger charge is 2.23. The van der Waals surface area contributed by atoms with E-state index in [-0.39, 0.29) is 13.0 Å². The standard InChI is InChI=1S/C14H16N2O4/c1-8-12(9-4-2-3-5-10(9)15-8)13(18)16-11(6-7-17)14(19)20/h2-5,11,15,17H,6-7H2,1H3,(H,16,18)(H,19,20)/t11-/m0/s1. The Bertz CT molecular complexity index is 648. The molecular weight excluding hydrogens is 260 g/mol. The van der Waals surface area contributed by atoms with E-state index in [2.05, 4.69) is 10.3 Å². The lowest BCUT2D eigenvalue weighted by Crippen LogP contribution is -2.41. The molecule has 2 rings (SSSR count). The number of aliphatic carboxylic acids is 1. The molecule has 6 heteroatoms. The molecule has 106 valence electrons. The van der Waals surface area contributed by atoms with Crippen molar-refractivity contribution in [2.75, 3.05) is 6.61 Å². The lowest BCUT2D eigenvalue weighted by Gasteiger charge is -2.13. The first kappa shape index (κ1) is 14.1. The zero-order valence-electron chi connectivity index (χ0n) is 11.0. The lowest BCUT2D eigenvalue weighted by atomic mass is 10.1. The monoisotopic (exact) mass is 276 g/mol. The number of carbonyl (C=O) groups is 2. The van der Waals surface area contributed by atoms with E-state index in [4.69, 9.17) is 10.2 Å². The zero-order valence-corrected chi connectivity index (χ0v) is 11.0.